The number of hydrogen-bond donors (Lipinski definition) is 3. The fourth-order valence-corrected chi connectivity index (χ4v) is 2.58. The molecular formula is C21H19N3O6. The molecule has 0 atom stereocenters. The number of aromatic nitrogens is 1. The van der Waals surface area contributed by atoms with Gasteiger partial charge in [0.2, 0.25) is 0 Å². The normalized spacial score (nSPS) is 10.3. The van der Waals surface area contributed by atoms with Gasteiger partial charge in [-0.15, -0.1) is 0 Å². The van der Waals surface area contributed by atoms with E-state index >= 15 is 0 Å². The highest BCUT2D eigenvalue weighted by Gasteiger charge is 2.16. The number of benzene rings is 1. The summed E-state index contributed by atoms with van der Waals surface area (Å²) in [6.07, 6.45) is 2.89. The third-order valence-electron chi connectivity index (χ3n) is 4.09. The third-order valence-corrected chi connectivity index (χ3v) is 4.09. The second kappa shape index (κ2) is 9.37. The first kappa shape index (κ1) is 20.6. The predicted molar refractivity (Wildman–Crippen MR) is 106 cm³/mol. The number of Topliss-reactive ketones (excluding diaryl/α,β-unsaturated/α-hetero) is 1. The summed E-state index contributed by atoms with van der Waals surface area (Å²) in [6.45, 7) is 1.01. The largest absolute Gasteiger partial charge is 0.467 e. The summed E-state index contributed by atoms with van der Waals surface area (Å²) < 4.78 is 10.1. The number of rotatable bonds is 8. The number of H-pyrrole nitrogens is 1. The Morgan fingerprint density at radius 2 is 1.90 bits per heavy atom. The summed E-state index contributed by atoms with van der Waals surface area (Å²) in [5.74, 6) is -1.41. The van der Waals surface area contributed by atoms with Crippen molar-refractivity contribution in [1.82, 2.24) is 10.3 Å². The summed E-state index contributed by atoms with van der Waals surface area (Å²) >= 11 is 0. The van der Waals surface area contributed by atoms with Crippen molar-refractivity contribution in [2.45, 2.75) is 13.5 Å². The minimum Gasteiger partial charge on any atom is -0.467 e. The number of ether oxygens (including phenoxy) is 1. The minimum absolute atomic E-state index is 0.0608. The molecule has 3 aromatic rings. The van der Waals surface area contributed by atoms with Crippen LogP contribution in [0.3, 0.4) is 0 Å². The van der Waals surface area contributed by atoms with Crippen molar-refractivity contribution in [2.75, 3.05) is 11.9 Å². The molecule has 1 aromatic carbocycles. The van der Waals surface area contributed by atoms with E-state index in [0.717, 1.165) is 0 Å². The molecule has 0 bridgehead atoms. The number of nitrogens with one attached hydrogen (secondary N) is 3. The van der Waals surface area contributed by atoms with E-state index in [0.29, 0.717) is 11.3 Å². The van der Waals surface area contributed by atoms with Crippen molar-refractivity contribution in [2.24, 2.45) is 0 Å². The summed E-state index contributed by atoms with van der Waals surface area (Å²) in [6, 6.07) is 11.2. The molecule has 9 heteroatoms. The van der Waals surface area contributed by atoms with E-state index < -0.39 is 24.4 Å². The lowest BCUT2D eigenvalue weighted by molar-refractivity contribution is -0.119. The summed E-state index contributed by atoms with van der Waals surface area (Å²) in [5, 5.41) is 5.25. The van der Waals surface area contributed by atoms with E-state index in [9.17, 15) is 19.2 Å². The third kappa shape index (κ3) is 5.22. The monoisotopic (exact) mass is 409 g/mol. The van der Waals surface area contributed by atoms with Crippen LogP contribution in [0, 0.1) is 0 Å². The van der Waals surface area contributed by atoms with E-state index in [1.807, 2.05) is 0 Å². The molecule has 2 heterocycles. The minimum atomic E-state index is -0.776. The number of carbonyl (C=O) groups is 4. The Morgan fingerprint density at radius 3 is 2.60 bits per heavy atom. The van der Waals surface area contributed by atoms with E-state index in [4.69, 9.17) is 9.15 Å². The molecule has 0 radical (unpaired) electrons. The fourth-order valence-electron chi connectivity index (χ4n) is 2.58. The Kier molecular flexibility index (Phi) is 6.43. The molecule has 2 amide bonds. The van der Waals surface area contributed by atoms with Crippen molar-refractivity contribution in [3.8, 4) is 0 Å². The van der Waals surface area contributed by atoms with Gasteiger partial charge in [0.25, 0.3) is 11.8 Å². The smallest absolute Gasteiger partial charge is 0.355 e. The number of amides is 2. The van der Waals surface area contributed by atoms with Gasteiger partial charge in [-0.1, -0.05) is 12.1 Å². The fraction of sp³-hybridized carbons (Fsp3) is 0.143. The average Bonchev–Trinajstić information content (AvgIpc) is 3.42. The summed E-state index contributed by atoms with van der Waals surface area (Å²) in [5.41, 5.74) is 0.917. The van der Waals surface area contributed by atoms with Crippen LogP contribution in [0.4, 0.5) is 5.69 Å². The standard InChI is InChI=1S/C21H19N3O6/c1-13(25)14-9-18(22-10-14)21(28)30-12-19(26)24-17-7-3-2-6-16(17)20(27)23-11-15-5-4-8-29-15/h2-10,22H,11-12H2,1H3,(H,23,27)(H,24,26). The van der Waals surface area contributed by atoms with Gasteiger partial charge in [0.1, 0.15) is 11.5 Å². The molecule has 0 aliphatic heterocycles. The maximum atomic E-state index is 12.4. The SMILES string of the molecule is CC(=O)c1c[nH]c(C(=O)OCC(=O)Nc2ccccc2C(=O)NCc2ccco2)c1. The van der Waals surface area contributed by atoms with Gasteiger partial charge in [-0.3, -0.25) is 14.4 Å². The van der Waals surface area contributed by atoms with Crippen molar-refractivity contribution < 1.29 is 28.3 Å². The van der Waals surface area contributed by atoms with Crippen LogP contribution in [0.2, 0.25) is 0 Å². The zero-order chi connectivity index (χ0) is 21.5. The quantitative estimate of drug-likeness (QED) is 0.387. The topological polar surface area (TPSA) is 130 Å². The van der Waals surface area contributed by atoms with Gasteiger partial charge < -0.3 is 24.8 Å². The van der Waals surface area contributed by atoms with E-state index in [1.54, 1.807) is 36.4 Å². The Morgan fingerprint density at radius 1 is 1.10 bits per heavy atom. The maximum Gasteiger partial charge on any atom is 0.355 e. The van der Waals surface area contributed by atoms with Crippen molar-refractivity contribution in [3.05, 3.63) is 77.5 Å². The Balaban J connectivity index is 1.56. The molecule has 0 saturated heterocycles. The molecule has 2 aromatic heterocycles. The van der Waals surface area contributed by atoms with Gasteiger partial charge in [0.05, 0.1) is 24.1 Å². The van der Waals surface area contributed by atoms with Crippen LogP contribution >= 0.6 is 0 Å². The van der Waals surface area contributed by atoms with Crippen LogP contribution in [-0.2, 0) is 16.1 Å². The molecule has 0 aliphatic carbocycles. The van der Waals surface area contributed by atoms with Gasteiger partial charge in [-0.05, 0) is 37.3 Å². The van der Waals surface area contributed by atoms with Crippen molar-refractivity contribution in [1.29, 1.82) is 0 Å². The summed E-state index contributed by atoms with van der Waals surface area (Å²) in [4.78, 5) is 50.5. The number of para-hydroxylation sites is 1. The number of furan rings is 1. The Labute approximate surface area is 171 Å². The highest BCUT2D eigenvalue weighted by Crippen LogP contribution is 2.15. The molecule has 0 spiro atoms. The van der Waals surface area contributed by atoms with E-state index in [2.05, 4.69) is 15.6 Å². The zero-order valence-corrected chi connectivity index (χ0v) is 16.1. The molecule has 154 valence electrons. The molecular weight excluding hydrogens is 390 g/mol. The summed E-state index contributed by atoms with van der Waals surface area (Å²) in [7, 11) is 0. The number of esters is 1. The molecule has 3 rings (SSSR count). The Bertz CT molecular complexity index is 1070. The van der Waals surface area contributed by atoms with Crippen LogP contribution in [0.5, 0.6) is 0 Å². The lowest BCUT2D eigenvalue weighted by Crippen LogP contribution is -2.26. The van der Waals surface area contributed by atoms with Gasteiger partial charge in [0, 0.05) is 11.8 Å². The first-order valence-corrected chi connectivity index (χ1v) is 9.00. The number of ketones is 1. The first-order valence-electron chi connectivity index (χ1n) is 9.00. The van der Waals surface area contributed by atoms with Crippen LogP contribution < -0.4 is 10.6 Å². The molecule has 30 heavy (non-hydrogen) atoms. The highest BCUT2D eigenvalue weighted by atomic mass is 16.5. The molecule has 0 saturated carbocycles. The van der Waals surface area contributed by atoms with Crippen molar-refractivity contribution >= 4 is 29.3 Å². The second-order valence-electron chi connectivity index (χ2n) is 6.29. The van der Waals surface area contributed by atoms with Gasteiger partial charge in [0.15, 0.2) is 12.4 Å². The highest BCUT2D eigenvalue weighted by molar-refractivity contribution is 6.04. The Hall–Kier alpha value is -4.14. The molecule has 0 fully saturated rings. The lowest BCUT2D eigenvalue weighted by Gasteiger charge is -2.11. The first-order chi connectivity index (χ1) is 14.4. The van der Waals surface area contributed by atoms with Gasteiger partial charge >= 0.3 is 5.97 Å². The average molecular weight is 409 g/mol. The predicted octanol–water partition coefficient (Wildman–Crippen LogP) is 2.54. The van der Waals surface area contributed by atoms with Crippen LogP contribution in [0.15, 0.2) is 59.3 Å². The number of hydrogen-bond acceptors (Lipinski definition) is 6. The van der Waals surface area contributed by atoms with Crippen LogP contribution in [-0.4, -0.2) is 35.2 Å². The molecule has 3 N–H and O–H groups in total. The van der Waals surface area contributed by atoms with E-state index in [1.165, 1.54) is 25.5 Å². The number of carbonyl (C=O) groups excluding carboxylic acids is 4. The van der Waals surface area contributed by atoms with Crippen LogP contribution in [0.25, 0.3) is 0 Å². The van der Waals surface area contributed by atoms with Gasteiger partial charge in [-0.2, -0.15) is 0 Å². The van der Waals surface area contributed by atoms with Crippen molar-refractivity contribution in [3.63, 3.8) is 0 Å². The zero-order valence-electron chi connectivity index (χ0n) is 16.1. The second-order valence-corrected chi connectivity index (χ2v) is 6.29. The molecule has 0 aliphatic rings. The molecule has 0 unspecified atom stereocenters. The lowest BCUT2D eigenvalue weighted by atomic mass is 10.1. The number of aromatic amines is 1. The van der Waals surface area contributed by atoms with Gasteiger partial charge in [-0.25, -0.2) is 4.79 Å². The van der Waals surface area contributed by atoms with Crippen LogP contribution in [0.1, 0.15) is 43.9 Å². The van der Waals surface area contributed by atoms with E-state index in [-0.39, 0.29) is 29.3 Å². The maximum absolute atomic E-state index is 12.4. The molecule has 9 nitrogen and oxygen atoms in total. The number of anilines is 1.